The van der Waals surface area contributed by atoms with Crippen LogP contribution >= 0.6 is 0 Å². The van der Waals surface area contributed by atoms with Gasteiger partial charge in [0.05, 0.1) is 0 Å². The number of rotatable bonds is 0. The van der Waals surface area contributed by atoms with Crippen molar-refractivity contribution in [1.82, 2.24) is 0 Å². The van der Waals surface area contributed by atoms with Crippen molar-refractivity contribution in [3.63, 3.8) is 0 Å². The zero-order valence-corrected chi connectivity index (χ0v) is 5.81. The van der Waals surface area contributed by atoms with Crippen LogP contribution in [0.4, 0.5) is 0 Å². The quantitative estimate of drug-likeness (QED) is 0.481. The first kappa shape index (κ1) is 5.45. The van der Waals surface area contributed by atoms with Crippen molar-refractivity contribution in [2.45, 2.75) is 32.6 Å². The van der Waals surface area contributed by atoms with Crippen molar-refractivity contribution in [2.24, 2.45) is 11.3 Å². The van der Waals surface area contributed by atoms with Gasteiger partial charge in [0.2, 0.25) is 0 Å². The SMILES string of the molecule is CC1CCC(=O)C12CC2. The van der Waals surface area contributed by atoms with Crippen LogP contribution in [0.15, 0.2) is 0 Å². The van der Waals surface area contributed by atoms with Crippen LogP contribution in [0, 0.1) is 11.3 Å². The summed E-state index contributed by atoms with van der Waals surface area (Å²) >= 11 is 0. The van der Waals surface area contributed by atoms with Crippen molar-refractivity contribution in [1.29, 1.82) is 0 Å². The molecule has 0 radical (unpaired) electrons. The normalized spacial score (nSPS) is 37.9. The number of Topliss-reactive ketones (excluding diaryl/α,β-unsaturated/α-hetero) is 1. The zero-order chi connectivity index (χ0) is 6.48. The minimum Gasteiger partial charge on any atom is -0.299 e. The molecule has 1 spiro atoms. The standard InChI is InChI=1S/C8H12O/c1-6-2-3-7(9)8(6)4-5-8/h6H,2-5H2,1H3. The molecule has 0 aromatic carbocycles. The molecule has 2 fully saturated rings. The molecule has 0 aliphatic heterocycles. The third-order valence-electron chi connectivity index (χ3n) is 3.09. The molecule has 0 amide bonds. The molecule has 0 N–H and O–H groups in total. The van der Waals surface area contributed by atoms with E-state index < -0.39 is 0 Å². The highest BCUT2D eigenvalue weighted by Gasteiger charge is 2.56. The first-order valence-electron chi connectivity index (χ1n) is 3.79. The van der Waals surface area contributed by atoms with Crippen LogP contribution in [-0.4, -0.2) is 5.78 Å². The Labute approximate surface area is 55.4 Å². The monoisotopic (exact) mass is 124 g/mol. The van der Waals surface area contributed by atoms with Gasteiger partial charge in [-0.3, -0.25) is 4.79 Å². The molecule has 0 aromatic rings. The van der Waals surface area contributed by atoms with Crippen molar-refractivity contribution in [3.05, 3.63) is 0 Å². The molecule has 0 aromatic heterocycles. The lowest BCUT2D eigenvalue weighted by Crippen LogP contribution is -2.12. The molecule has 9 heavy (non-hydrogen) atoms. The van der Waals surface area contributed by atoms with E-state index in [0.29, 0.717) is 11.7 Å². The van der Waals surface area contributed by atoms with Gasteiger partial charge in [-0.05, 0) is 25.2 Å². The molecule has 1 atom stereocenters. The van der Waals surface area contributed by atoms with Crippen LogP contribution in [-0.2, 0) is 4.79 Å². The maximum absolute atomic E-state index is 11.2. The van der Waals surface area contributed by atoms with Gasteiger partial charge in [-0.1, -0.05) is 6.92 Å². The summed E-state index contributed by atoms with van der Waals surface area (Å²) in [6.45, 7) is 2.22. The first-order chi connectivity index (χ1) is 4.26. The Morgan fingerprint density at radius 1 is 1.56 bits per heavy atom. The van der Waals surface area contributed by atoms with Gasteiger partial charge in [0.25, 0.3) is 0 Å². The fourth-order valence-corrected chi connectivity index (χ4v) is 2.05. The number of carbonyl (C=O) groups excluding carboxylic acids is 1. The average Bonchev–Trinajstić information content (AvgIpc) is 2.56. The summed E-state index contributed by atoms with van der Waals surface area (Å²) in [5.74, 6) is 1.25. The summed E-state index contributed by atoms with van der Waals surface area (Å²) in [4.78, 5) is 11.2. The third kappa shape index (κ3) is 0.525. The Kier molecular flexibility index (Phi) is 0.842. The minimum absolute atomic E-state index is 0.222. The highest BCUT2D eigenvalue weighted by atomic mass is 16.1. The van der Waals surface area contributed by atoms with Gasteiger partial charge in [-0.25, -0.2) is 0 Å². The number of carbonyl (C=O) groups is 1. The second kappa shape index (κ2) is 1.39. The Bertz CT molecular complexity index is 156. The predicted molar refractivity (Wildman–Crippen MR) is 35.1 cm³/mol. The van der Waals surface area contributed by atoms with E-state index in [4.69, 9.17) is 0 Å². The minimum atomic E-state index is 0.222. The van der Waals surface area contributed by atoms with E-state index in [1.807, 2.05) is 0 Å². The van der Waals surface area contributed by atoms with E-state index in [9.17, 15) is 4.79 Å². The van der Waals surface area contributed by atoms with Crippen molar-refractivity contribution in [3.8, 4) is 0 Å². The predicted octanol–water partition coefficient (Wildman–Crippen LogP) is 1.77. The molecular weight excluding hydrogens is 112 g/mol. The highest BCUT2D eigenvalue weighted by Crippen LogP contribution is 2.58. The molecule has 2 saturated carbocycles. The summed E-state index contributed by atoms with van der Waals surface area (Å²) in [6, 6.07) is 0. The van der Waals surface area contributed by atoms with Crippen LogP contribution in [0.25, 0.3) is 0 Å². The number of ketones is 1. The summed E-state index contributed by atoms with van der Waals surface area (Å²) < 4.78 is 0. The second-order valence-electron chi connectivity index (χ2n) is 3.52. The van der Waals surface area contributed by atoms with Crippen LogP contribution in [0.2, 0.25) is 0 Å². The van der Waals surface area contributed by atoms with Gasteiger partial charge in [0.15, 0.2) is 0 Å². The van der Waals surface area contributed by atoms with Crippen LogP contribution in [0.5, 0.6) is 0 Å². The van der Waals surface area contributed by atoms with Crippen molar-refractivity contribution < 1.29 is 4.79 Å². The molecular formula is C8H12O. The Morgan fingerprint density at radius 2 is 2.22 bits per heavy atom. The molecule has 0 heterocycles. The molecule has 2 aliphatic carbocycles. The highest BCUT2D eigenvalue weighted by molar-refractivity contribution is 5.89. The lowest BCUT2D eigenvalue weighted by molar-refractivity contribution is -0.122. The van der Waals surface area contributed by atoms with E-state index in [1.54, 1.807) is 0 Å². The van der Waals surface area contributed by atoms with E-state index in [-0.39, 0.29) is 5.41 Å². The summed E-state index contributed by atoms with van der Waals surface area (Å²) in [5, 5.41) is 0. The van der Waals surface area contributed by atoms with Gasteiger partial charge in [0, 0.05) is 11.8 Å². The fraction of sp³-hybridized carbons (Fsp3) is 0.875. The smallest absolute Gasteiger partial charge is 0.139 e. The maximum atomic E-state index is 11.2. The molecule has 0 saturated heterocycles. The molecule has 1 nitrogen and oxygen atoms in total. The molecule has 2 aliphatic rings. The van der Waals surface area contributed by atoms with E-state index in [1.165, 1.54) is 12.8 Å². The molecule has 1 heteroatoms. The van der Waals surface area contributed by atoms with Crippen molar-refractivity contribution in [2.75, 3.05) is 0 Å². The largest absolute Gasteiger partial charge is 0.299 e. The Balaban J connectivity index is 2.26. The van der Waals surface area contributed by atoms with Crippen LogP contribution in [0.3, 0.4) is 0 Å². The Morgan fingerprint density at radius 3 is 2.44 bits per heavy atom. The van der Waals surface area contributed by atoms with Gasteiger partial charge >= 0.3 is 0 Å². The molecule has 50 valence electrons. The second-order valence-corrected chi connectivity index (χ2v) is 3.52. The number of hydrogen-bond donors (Lipinski definition) is 0. The van der Waals surface area contributed by atoms with Gasteiger partial charge in [-0.15, -0.1) is 0 Å². The lowest BCUT2D eigenvalue weighted by Gasteiger charge is -2.08. The zero-order valence-electron chi connectivity index (χ0n) is 5.81. The number of hydrogen-bond acceptors (Lipinski definition) is 1. The fourth-order valence-electron chi connectivity index (χ4n) is 2.05. The van der Waals surface area contributed by atoms with Crippen LogP contribution in [0.1, 0.15) is 32.6 Å². The molecule has 2 rings (SSSR count). The van der Waals surface area contributed by atoms with E-state index in [2.05, 4.69) is 6.92 Å². The molecule has 1 unspecified atom stereocenters. The third-order valence-corrected chi connectivity index (χ3v) is 3.09. The lowest BCUT2D eigenvalue weighted by atomic mass is 9.94. The van der Waals surface area contributed by atoms with Gasteiger partial charge < -0.3 is 0 Å². The van der Waals surface area contributed by atoms with E-state index in [0.717, 1.165) is 12.8 Å². The Hall–Kier alpha value is -0.330. The first-order valence-corrected chi connectivity index (χ1v) is 3.79. The van der Waals surface area contributed by atoms with E-state index >= 15 is 0 Å². The van der Waals surface area contributed by atoms with Gasteiger partial charge in [-0.2, -0.15) is 0 Å². The molecule has 0 bridgehead atoms. The summed E-state index contributed by atoms with van der Waals surface area (Å²) in [6.07, 6.45) is 4.39. The summed E-state index contributed by atoms with van der Waals surface area (Å²) in [5.41, 5.74) is 0.222. The maximum Gasteiger partial charge on any atom is 0.139 e. The average molecular weight is 124 g/mol. The topological polar surface area (TPSA) is 17.1 Å². The van der Waals surface area contributed by atoms with Gasteiger partial charge in [0.1, 0.15) is 5.78 Å². The summed E-state index contributed by atoms with van der Waals surface area (Å²) in [7, 11) is 0. The van der Waals surface area contributed by atoms with Crippen molar-refractivity contribution >= 4 is 5.78 Å². The van der Waals surface area contributed by atoms with Crippen LogP contribution < -0.4 is 0 Å².